The van der Waals surface area contributed by atoms with Gasteiger partial charge in [-0.1, -0.05) is 45.0 Å². The minimum absolute atomic E-state index is 0.0941. The first kappa shape index (κ1) is 19.7. The fraction of sp³-hybridized carbons (Fsp3) is 0.650. The van der Waals surface area contributed by atoms with Crippen LogP contribution >= 0.6 is 0 Å². The molecule has 5 heteroatoms. The molecule has 3 unspecified atom stereocenters. The van der Waals surface area contributed by atoms with Gasteiger partial charge in [0.2, 0.25) is 0 Å². The summed E-state index contributed by atoms with van der Waals surface area (Å²) in [5.41, 5.74) is -0.662. The number of aliphatic hydroxyl groups is 1. The van der Waals surface area contributed by atoms with E-state index in [-0.39, 0.29) is 17.4 Å². The van der Waals surface area contributed by atoms with Gasteiger partial charge in [0, 0.05) is 12.6 Å². The van der Waals surface area contributed by atoms with Crippen molar-refractivity contribution in [1.29, 1.82) is 0 Å². The molecule has 0 saturated carbocycles. The Morgan fingerprint density at radius 2 is 1.84 bits per heavy atom. The number of hydrogen-bond donors (Lipinski definition) is 2. The van der Waals surface area contributed by atoms with Crippen LogP contribution in [0.5, 0.6) is 0 Å². The number of carbonyl (C=O) groups is 1. The predicted molar refractivity (Wildman–Crippen MR) is 96.2 cm³/mol. The fourth-order valence-electron chi connectivity index (χ4n) is 3.88. The maximum atomic E-state index is 14.5. The summed E-state index contributed by atoms with van der Waals surface area (Å²) in [4.78, 5) is 13.0. The molecule has 1 aromatic carbocycles. The van der Waals surface area contributed by atoms with Crippen molar-refractivity contribution in [2.45, 2.75) is 65.3 Å². The molecule has 1 aromatic rings. The van der Waals surface area contributed by atoms with Crippen LogP contribution in [0.3, 0.4) is 0 Å². The largest absolute Gasteiger partial charge is 0.465 e. The third-order valence-corrected chi connectivity index (χ3v) is 5.25. The Balaban J connectivity index is 2.30. The molecule has 3 atom stereocenters. The number of hydrogen-bond acceptors (Lipinski definition) is 2. The Kier molecular flexibility index (Phi) is 5.47. The molecule has 2 N–H and O–H groups in total. The minimum atomic E-state index is -1.54. The van der Waals surface area contributed by atoms with E-state index < -0.39 is 17.9 Å². The van der Waals surface area contributed by atoms with E-state index in [0.29, 0.717) is 30.5 Å². The molecule has 140 valence electrons. The van der Waals surface area contributed by atoms with Crippen molar-refractivity contribution >= 4 is 6.09 Å². The van der Waals surface area contributed by atoms with E-state index >= 15 is 0 Å². The maximum Gasteiger partial charge on any atom is 0.407 e. The molecule has 1 saturated heterocycles. The van der Waals surface area contributed by atoms with Gasteiger partial charge >= 0.3 is 6.09 Å². The van der Waals surface area contributed by atoms with Crippen molar-refractivity contribution < 1.29 is 19.4 Å². The lowest BCUT2D eigenvalue weighted by atomic mass is 9.74. The number of piperidine rings is 1. The summed E-state index contributed by atoms with van der Waals surface area (Å²) in [6, 6.07) is 6.89. The van der Waals surface area contributed by atoms with E-state index in [2.05, 4.69) is 0 Å². The van der Waals surface area contributed by atoms with Crippen molar-refractivity contribution in [3.63, 3.8) is 0 Å². The highest BCUT2D eigenvalue weighted by Crippen LogP contribution is 2.42. The van der Waals surface area contributed by atoms with E-state index in [4.69, 9.17) is 0 Å². The summed E-state index contributed by atoms with van der Waals surface area (Å²) in [5.74, 6) is -0.0941. The van der Waals surface area contributed by atoms with Crippen LogP contribution in [0.2, 0.25) is 0 Å². The van der Waals surface area contributed by atoms with E-state index in [9.17, 15) is 19.4 Å². The number of likely N-dealkylation sites (tertiary alicyclic amines) is 1. The van der Waals surface area contributed by atoms with Gasteiger partial charge in [-0.05, 0) is 49.1 Å². The Hall–Kier alpha value is -1.62. The van der Waals surface area contributed by atoms with Gasteiger partial charge in [0.15, 0.2) is 0 Å². The lowest BCUT2D eigenvalue weighted by molar-refractivity contribution is -0.00181. The molecule has 1 amide bonds. The van der Waals surface area contributed by atoms with E-state index in [1.165, 1.54) is 18.7 Å². The third-order valence-electron chi connectivity index (χ3n) is 5.25. The highest BCUT2D eigenvalue weighted by atomic mass is 19.1. The zero-order valence-corrected chi connectivity index (χ0v) is 15.8. The first-order chi connectivity index (χ1) is 11.4. The topological polar surface area (TPSA) is 60.8 Å². The zero-order valence-electron chi connectivity index (χ0n) is 15.8. The van der Waals surface area contributed by atoms with Gasteiger partial charge in [0.25, 0.3) is 0 Å². The van der Waals surface area contributed by atoms with Crippen LogP contribution in [-0.2, 0) is 5.67 Å². The van der Waals surface area contributed by atoms with Crippen molar-refractivity contribution in [3.8, 4) is 0 Å². The number of alkyl halides is 1. The number of amides is 1. The van der Waals surface area contributed by atoms with Crippen LogP contribution in [0.15, 0.2) is 24.3 Å². The van der Waals surface area contributed by atoms with Gasteiger partial charge < -0.3 is 15.1 Å². The summed E-state index contributed by atoms with van der Waals surface area (Å²) < 4.78 is 14.5. The molecule has 0 spiro atoms. The Labute approximate surface area is 149 Å². The van der Waals surface area contributed by atoms with E-state index in [0.717, 1.165) is 0 Å². The number of aliphatic hydroxyl groups excluding tert-OH is 1. The third kappa shape index (κ3) is 4.32. The van der Waals surface area contributed by atoms with Crippen molar-refractivity contribution in [3.05, 3.63) is 35.4 Å². The number of benzene rings is 1. The normalized spacial score (nSPS) is 23.4. The summed E-state index contributed by atoms with van der Waals surface area (Å²) in [6.07, 6.45) is -0.579. The molecule has 2 rings (SSSR count). The first-order valence-corrected chi connectivity index (χ1v) is 8.89. The molecule has 0 bridgehead atoms. The van der Waals surface area contributed by atoms with Gasteiger partial charge in [0.05, 0.1) is 6.10 Å². The SMILES string of the molecule is CC(C)(F)c1ccccc1C(O)C1CCN(C(=O)O)C(C(C)(C)C)C1. The first-order valence-electron chi connectivity index (χ1n) is 8.89. The lowest BCUT2D eigenvalue weighted by Gasteiger charge is -2.45. The molecule has 25 heavy (non-hydrogen) atoms. The molecule has 0 aromatic heterocycles. The smallest absolute Gasteiger partial charge is 0.407 e. The Morgan fingerprint density at radius 3 is 2.36 bits per heavy atom. The molecule has 1 heterocycles. The molecule has 0 radical (unpaired) electrons. The van der Waals surface area contributed by atoms with E-state index in [1.807, 2.05) is 20.8 Å². The van der Waals surface area contributed by atoms with Crippen LogP contribution in [0.4, 0.5) is 9.18 Å². The van der Waals surface area contributed by atoms with Crippen LogP contribution in [0, 0.1) is 11.3 Å². The van der Waals surface area contributed by atoms with E-state index in [1.54, 1.807) is 24.3 Å². The second-order valence-electron chi connectivity index (χ2n) is 8.65. The van der Waals surface area contributed by atoms with Gasteiger partial charge in [0.1, 0.15) is 5.67 Å². The zero-order chi connectivity index (χ0) is 19.0. The van der Waals surface area contributed by atoms with Crippen LogP contribution < -0.4 is 0 Å². The van der Waals surface area contributed by atoms with Crippen LogP contribution in [0.1, 0.15) is 64.7 Å². The summed E-state index contributed by atoms with van der Waals surface area (Å²) in [7, 11) is 0. The van der Waals surface area contributed by atoms with Crippen molar-refractivity contribution in [1.82, 2.24) is 4.90 Å². The van der Waals surface area contributed by atoms with Crippen LogP contribution in [0.25, 0.3) is 0 Å². The maximum absolute atomic E-state index is 14.5. The molecular weight excluding hydrogens is 321 g/mol. The molecule has 4 nitrogen and oxygen atoms in total. The molecule has 1 fully saturated rings. The highest BCUT2D eigenvalue weighted by molar-refractivity contribution is 5.65. The van der Waals surface area contributed by atoms with Gasteiger partial charge in [-0.3, -0.25) is 0 Å². The number of halogens is 1. The molecule has 1 aliphatic rings. The monoisotopic (exact) mass is 351 g/mol. The number of nitrogens with zero attached hydrogens (tertiary/aromatic N) is 1. The Morgan fingerprint density at radius 1 is 1.24 bits per heavy atom. The summed E-state index contributed by atoms with van der Waals surface area (Å²) >= 11 is 0. The molecule has 1 aliphatic heterocycles. The summed E-state index contributed by atoms with van der Waals surface area (Å²) in [5, 5.41) is 20.4. The average Bonchev–Trinajstić information content (AvgIpc) is 2.52. The minimum Gasteiger partial charge on any atom is -0.465 e. The van der Waals surface area contributed by atoms with Gasteiger partial charge in [-0.15, -0.1) is 0 Å². The van der Waals surface area contributed by atoms with Gasteiger partial charge in [-0.25, -0.2) is 9.18 Å². The average molecular weight is 351 g/mol. The quantitative estimate of drug-likeness (QED) is 0.827. The number of carboxylic acid groups (broad SMARTS) is 1. The number of rotatable bonds is 3. The molecule has 0 aliphatic carbocycles. The second kappa shape index (κ2) is 6.94. The highest BCUT2D eigenvalue weighted by Gasteiger charge is 2.41. The predicted octanol–water partition coefficient (Wildman–Crippen LogP) is 4.73. The van der Waals surface area contributed by atoms with Crippen LogP contribution in [-0.4, -0.2) is 33.8 Å². The van der Waals surface area contributed by atoms with Crippen molar-refractivity contribution in [2.24, 2.45) is 11.3 Å². The molecular formula is C20H30FNO3. The lowest BCUT2D eigenvalue weighted by Crippen LogP contribution is -2.52. The fourth-order valence-corrected chi connectivity index (χ4v) is 3.88. The second-order valence-corrected chi connectivity index (χ2v) is 8.65. The standard InChI is InChI=1S/C20H30FNO3/c1-19(2,3)16-12-13(10-11-22(16)18(24)25)17(23)14-8-6-7-9-15(14)20(4,5)21/h6-9,13,16-17,23H,10-12H2,1-5H3,(H,24,25). The van der Waals surface area contributed by atoms with Crippen molar-refractivity contribution in [2.75, 3.05) is 6.54 Å². The van der Waals surface area contributed by atoms with Gasteiger partial charge in [-0.2, -0.15) is 0 Å². The Bertz CT molecular complexity index is 618. The summed E-state index contributed by atoms with van der Waals surface area (Å²) in [6.45, 7) is 9.41.